The number of ether oxygens (including phenoxy) is 1. The number of hydrogen-bond donors (Lipinski definition) is 3. The van der Waals surface area contributed by atoms with Gasteiger partial charge in [0.2, 0.25) is 0 Å². The van der Waals surface area contributed by atoms with Gasteiger partial charge in [-0.15, -0.1) is 0 Å². The normalized spacial score (nSPS) is 13.3. The third-order valence-electron chi connectivity index (χ3n) is 5.31. The molecule has 3 aromatic rings. The number of amidine groups is 2. The lowest BCUT2D eigenvalue weighted by atomic mass is 9.99. The molecule has 0 aromatic heterocycles. The van der Waals surface area contributed by atoms with E-state index in [2.05, 4.69) is 0 Å². The maximum Gasteiger partial charge on any atom is 0.128 e. The molecule has 6 nitrogen and oxygen atoms in total. The first-order valence-electron chi connectivity index (χ1n) is 10.2. The lowest BCUT2D eigenvalue weighted by Crippen LogP contribution is -2.35. The monoisotopic (exact) mass is 445 g/mol. The summed E-state index contributed by atoms with van der Waals surface area (Å²) in [6, 6.07) is 21.0. The van der Waals surface area contributed by atoms with E-state index in [0.717, 1.165) is 33.7 Å². The maximum absolute atomic E-state index is 8.44. The molecule has 1 heterocycles. The zero-order valence-electron chi connectivity index (χ0n) is 17.7. The van der Waals surface area contributed by atoms with E-state index in [1.165, 1.54) is 0 Å². The highest BCUT2D eigenvalue weighted by molar-refractivity contribution is 6.31. The average molecular weight is 446 g/mol. The van der Waals surface area contributed by atoms with Crippen molar-refractivity contribution in [1.29, 1.82) is 10.8 Å². The number of fused-ring (bicyclic) bond motifs is 1. The standard InChI is InChI=1S/C25H24ClN5O/c1-16(28)31-23-11-10-21(32-15-19-5-3-2-4-18(19)13-27)12-22(23)25(30-14-24(31)29)17-6-8-20(26)9-7-17/h2-12,28-29H,13-15,27H2,1H3. The minimum Gasteiger partial charge on any atom is -0.489 e. The van der Waals surface area contributed by atoms with Gasteiger partial charge in [-0.25, -0.2) is 0 Å². The molecule has 0 fully saturated rings. The Morgan fingerprint density at radius 2 is 1.81 bits per heavy atom. The topological polar surface area (TPSA) is 98.5 Å². The first-order chi connectivity index (χ1) is 15.5. The Kier molecular flexibility index (Phi) is 6.35. The van der Waals surface area contributed by atoms with Crippen LogP contribution in [0, 0.1) is 10.8 Å². The number of nitrogens with zero attached hydrogens (tertiary/aromatic N) is 2. The van der Waals surface area contributed by atoms with Gasteiger partial charge in [0.05, 0.1) is 17.9 Å². The predicted octanol–water partition coefficient (Wildman–Crippen LogP) is 5.01. The molecule has 0 atom stereocenters. The molecule has 32 heavy (non-hydrogen) atoms. The molecule has 0 amide bonds. The largest absolute Gasteiger partial charge is 0.489 e. The molecule has 1 aliphatic heterocycles. The highest BCUT2D eigenvalue weighted by atomic mass is 35.5. The van der Waals surface area contributed by atoms with Crippen molar-refractivity contribution in [2.45, 2.75) is 20.1 Å². The molecular formula is C25H24ClN5O. The third-order valence-corrected chi connectivity index (χ3v) is 5.56. The highest BCUT2D eigenvalue weighted by Gasteiger charge is 2.25. The molecular weight excluding hydrogens is 422 g/mol. The Morgan fingerprint density at radius 3 is 2.50 bits per heavy atom. The van der Waals surface area contributed by atoms with E-state index in [4.69, 9.17) is 37.9 Å². The third kappa shape index (κ3) is 4.42. The van der Waals surface area contributed by atoms with Gasteiger partial charge in [-0.2, -0.15) is 0 Å². The van der Waals surface area contributed by atoms with Gasteiger partial charge in [0, 0.05) is 22.7 Å². The Morgan fingerprint density at radius 1 is 1.09 bits per heavy atom. The van der Waals surface area contributed by atoms with Crippen molar-refractivity contribution in [3.8, 4) is 5.75 Å². The molecule has 0 radical (unpaired) electrons. The summed E-state index contributed by atoms with van der Waals surface area (Å²) in [6.07, 6.45) is 0. The summed E-state index contributed by atoms with van der Waals surface area (Å²) in [5.74, 6) is 1.18. The fraction of sp³-hybridized carbons (Fsp3) is 0.160. The summed E-state index contributed by atoms with van der Waals surface area (Å²) < 4.78 is 6.11. The van der Waals surface area contributed by atoms with Gasteiger partial charge in [-0.1, -0.05) is 48.0 Å². The van der Waals surface area contributed by atoms with Crippen LogP contribution in [0.3, 0.4) is 0 Å². The Hall–Kier alpha value is -3.48. The smallest absolute Gasteiger partial charge is 0.128 e. The van der Waals surface area contributed by atoms with E-state index in [1.54, 1.807) is 11.8 Å². The lowest BCUT2D eigenvalue weighted by molar-refractivity contribution is 0.305. The van der Waals surface area contributed by atoms with E-state index in [1.807, 2.05) is 66.7 Å². The second-order valence-corrected chi connectivity index (χ2v) is 7.92. The molecule has 0 aliphatic carbocycles. The number of hydrogen-bond acceptors (Lipinski definition) is 5. The van der Waals surface area contributed by atoms with Crippen molar-refractivity contribution < 1.29 is 4.74 Å². The van der Waals surface area contributed by atoms with Crippen LogP contribution in [0.1, 0.15) is 29.2 Å². The van der Waals surface area contributed by atoms with Crippen LogP contribution >= 0.6 is 11.6 Å². The molecule has 7 heteroatoms. The van der Waals surface area contributed by atoms with Crippen molar-refractivity contribution in [1.82, 2.24) is 0 Å². The zero-order valence-corrected chi connectivity index (χ0v) is 18.5. The van der Waals surface area contributed by atoms with Crippen molar-refractivity contribution in [3.63, 3.8) is 0 Å². The van der Waals surface area contributed by atoms with E-state index in [-0.39, 0.29) is 18.2 Å². The van der Waals surface area contributed by atoms with Gasteiger partial charge in [-0.05, 0) is 48.4 Å². The van der Waals surface area contributed by atoms with E-state index < -0.39 is 0 Å². The summed E-state index contributed by atoms with van der Waals surface area (Å²) in [5.41, 5.74) is 11.1. The minimum absolute atomic E-state index is 0.170. The molecule has 4 rings (SSSR count). The van der Waals surface area contributed by atoms with Gasteiger partial charge in [0.1, 0.15) is 24.0 Å². The van der Waals surface area contributed by atoms with Crippen molar-refractivity contribution in [3.05, 3.63) is 94.0 Å². The number of benzene rings is 3. The molecule has 3 aromatic carbocycles. The first-order valence-corrected chi connectivity index (χ1v) is 10.6. The van der Waals surface area contributed by atoms with Crippen LogP contribution in [0.2, 0.25) is 5.02 Å². The molecule has 0 saturated carbocycles. The van der Waals surface area contributed by atoms with E-state index in [9.17, 15) is 0 Å². The highest BCUT2D eigenvalue weighted by Crippen LogP contribution is 2.31. The number of anilines is 1. The summed E-state index contributed by atoms with van der Waals surface area (Å²) in [5, 5.41) is 17.3. The SMILES string of the molecule is CC(=N)N1C(=N)CN=C(c2ccc(Cl)cc2)c2cc(OCc3ccccc3CN)ccc21. The number of benzodiazepines with no additional fused rings is 1. The molecule has 0 spiro atoms. The quantitative estimate of drug-likeness (QED) is 0.380. The summed E-state index contributed by atoms with van der Waals surface area (Å²) >= 11 is 6.08. The fourth-order valence-electron chi connectivity index (χ4n) is 3.74. The predicted molar refractivity (Wildman–Crippen MR) is 131 cm³/mol. The van der Waals surface area contributed by atoms with E-state index in [0.29, 0.717) is 23.9 Å². The molecule has 0 unspecified atom stereocenters. The second kappa shape index (κ2) is 9.34. The Bertz CT molecular complexity index is 1200. The van der Waals surface area contributed by atoms with Gasteiger partial charge in [-0.3, -0.25) is 20.7 Å². The van der Waals surface area contributed by atoms with Crippen molar-refractivity contribution in [2.75, 3.05) is 11.4 Å². The molecule has 0 bridgehead atoms. The van der Waals surface area contributed by atoms with Crippen LogP contribution in [0.5, 0.6) is 5.75 Å². The van der Waals surface area contributed by atoms with Crippen LogP contribution in [0.4, 0.5) is 5.69 Å². The fourth-order valence-corrected chi connectivity index (χ4v) is 3.87. The molecule has 0 saturated heterocycles. The molecule has 1 aliphatic rings. The van der Waals surface area contributed by atoms with Gasteiger partial charge in [0.15, 0.2) is 0 Å². The molecule has 162 valence electrons. The molecule has 4 N–H and O–H groups in total. The number of halogens is 1. The van der Waals surface area contributed by atoms with Gasteiger partial charge in [0.25, 0.3) is 0 Å². The Labute approximate surface area is 192 Å². The second-order valence-electron chi connectivity index (χ2n) is 7.48. The number of aliphatic imine (C=N–C) groups is 1. The Balaban J connectivity index is 1.75. The lowest BCUT2D eigenvalue weighted by Gasteiger charge is -2.24. The van der Waals surface area contributed by atoms with Crippen molar-refractivity contribution >= 4 is 34.7 Å². The van der Waals surface area contributed by atoms with Gasteiger partial charge < -0.3 is 10.5 Å². The van der Waals surface area contributed by atoms with Crippen molar-refractivity contribution in [2.24, 2.45) is 10.7 Å². The van der Waals surface area contributed by atoms with Crippen LogP contribution < -0.4 is 15.4 Å². The zero-order chi connectivity index (χ0) is 22.7. The maximum atomic E-state index is 8.44. The summed E-state index contributed by atoms with van der Waals surface area (Å²) in [4.78, 5) is 6.31. The average Bonchev–Trinajstić information content (AvgIpc) is 2.94. The number of nitrogens with two attached hydrogens (primary N) is 1. The van der Waals surface area contributed by atoms with Crippen LogP contribution in [-0.4, -0.2) is 23.9 Å². The first kappa shape index (κ1) is 21.7. The van der Waals surface area contributed by atoms with Crippen LogP contribution in [-0.2, 0) is 13.2 Å². The minimum atomic E-state index is 0.170. The summed E-state index contributed by atoms with van der Waals surface area (Å²) in [7, 11) is 0. The van der Waals surface area contributed by atoms with Gasteiger partial charge >= 0.3 is 0 Å². The number of nitrogens with one attached hydrogen (secondary N) is 2. The summed E-state index contributed by atoms with van der Waals surface area (Å²) in [6.45, 7) is 2.68. The van der Waals surface area contributed by atoms with E-state index >= 15 is 0 Å². The number of rotatable bonds is 5. The van der Waals surface area contributed by atoms with Crippen LogP contribution in [0.15, 0.2) is 71.7 Å². The van der Waals surface area contributed by atoms with Crippen LogP contribution in [0.25, 0.3) is 0 Å².